The van der Waals surface area contributed by atoms with Crippen molar-refractivity contribution in [2.75, 3.05) is 19.8 Å². The Kier molecular flexibility index (Phi) is 9.44. The Bertz CT molecular complexity index is 1140. The predicted molar refractivity (Wildman–Crippen MR) is 153 cm³/mol. The third kappa shape index (κ3) is 6.91. The van der Waals surface area contributed by atoms with Crippen LogP contribution in [0.2, 0.25) is 0 Å². The number of hydrogen-bond acceptors (Lipinski definition) is 13. The third-order valence-electron chi connectivity index (χ3n) is 7.47. The van der Waals surface area contributed by atoms with E-state index in [0.717, 1.165) is 0 Å². The Hall–Kier alpha value is -2.32. The van der Waals surface area contributed by atoms with Crippen LogP contribution in [-0.4, -0.2) is 96.0 Å². The second-order valence-electron chi connectivity index (χ2n) is 15.7. The number of cyclic esters (lactones) is 1. The highest BCUT2D eigenvalue weighted by atomic mass is 16.8. The average Bonchev–Trinajstić information content (AvgIpc) is 3.31. The topological polar surface area (TPSA) is 162 Å². The number of esters is 4. The largest absolute Gasteiger partial charge is 0.462 e. The van der Waals surface area contributed by atoms with Gasteiger partial charge in [0.25, 0.3) is 0 Å². The number of fused-ring (bicyclic) bond motifs is 1. The minimum Gasteiger partial charge on any atom is -0.462 e. The van der Waals surface area contributed by atoms with Crippen LogP contribution in [0, 0.1) is 16.2 Å². The van der Waals surface area contributed by atoms with E-state index in [2.05, 4.69) is 0 Å². The van der Waals surface area contributed by atoms with Gasteiger partial charge >= 0.3 is 23.9 Å². The van der Waals surface area contributed by atoms with Gasteiger partial charge in [0.05, 0.1) is 16.2 Å². The molecule has 3 aliphatic rings. The van der Waals surface area contributed by atoms with Crippen LogP contribution in [0.1, 0.15) is 90.0 Å². The smallest absolute Gasteiger partial charge is 0.345 e. The molecule has 0 aromatic heterocycles. The highest BCUT2D eigenvalue weighted by Gasteiger charge is 2.80. The molecule has 3 saturated heterocycles. The molecule has 13 nitrogen and oxygen atoms in total. The number of hydrogen-bond donors (Lipinski definition) is 1. The number of ether oxygens (including phenoxy) is 8. The molecule has 44 heavy (non-hydrogen) atoms. The van der Waals surface area contributed by atoms with E-state index in [-0.39, 0.29) is 0 Å². The van der Waals surface area contributed by atoms with Crippen LogP contribution >= 0.6 is 0 Å². The zero-order chi connectivity index (χ0) is 33.9. The van der Waals surface area contributed by atoms with E-state index in [9.17, 15) is 24.3 Å². The molecule has 0 aromatic rings. The lowest BCUT2D eigenvalue weighted by molar-refractivity contribution is -0.277. The summed E-state index contributed by atoms with van der Waals surface area (Å²) in [6.07, 6.45) is -5.68. The van der Waals surface area contributed by atoms with Crippen molar-refractivity contribution < 1.29 is 62.2 Å². The predicted octanol–water partition coefficient (Wildman–Crippen LogP) is 2.82. The Morgan fingerprint density at radius 1 is 0.727 bits per heavy atom. The SMILES string of the molecule is CC1(C)O[C@H](COC(=O)C(C)(C)C)[C@@](COC(=O)C(C)(C)C)([C@]23OC(C)(C)O[C@H]2[C@@H](O)[C@@H](COC(=O)C(C)(C)C)OC3=O)O1. The monoisotopic (exact) mass is 630 g/mol. The van der Waals surface area contributed by atoms with Gasteiger partial charge < -0.3 is 43.0 Å². The molecule has 0 amide bonds. The number of carbonyl (C=O) groups excluding carboxylic acids is 4. The zero-order valence-electron chi connectivity index (χ0n) is 28.3. The molecule has 0 radical (unpaired) electrons. The minimum atomic E-state index is -2.30. The summed E-state index contributed by atoms with van der Waals surface area (Å²) in [5, 5.41) is 11.6. The quantitative estimate of drug-likeness (QED) is 0.323. The molecule has 0 aliphatic carbocycles. The van der Waals surface area contributed by atoms with Gasteiger partial charge in [-0.05, 0) is 90.0 Å². The Balaban J connectivity index is 2.14. The van der Waals surface area contributed by atoms with E-state index in [1.807, 2.05) is 0 Å². The second-order valence-corrected chi connectivity index (χ2v) is 15.7. The van der Waals surface area contributed by atoms with Gasteiger partial charge in [-0.25, -0.2) is 4.79 Å². The summed E-state index contributed by atoms with van der Waals surface area (Å²) in [5.74, 6) is -5.70. The van der Waals surface area contributed by atoms with E-state index in [4.69, 9.17) is 37.9 Å². The lowest BCUT2D eigenvalue weighted by Gasteiger charge is -2.50. The van der Waals surface area contributed by atoms with E-state index >= 15 is 0 Å². The summed E-state index contributed by atoms with van der Waals surface area (Å²) in [7, 11) is 0. The number of aliphatic hydroxyl groups is 1. The van der Waals surface area contributed by atoms with Gasteiger partial charge in [-0.1, -0.05) is 0 Å². The summed E-state index contributed by atoms with van der Waals surface area (Å²) in [6.45, 7) is 19.7. The first kappa shape index (κ1) is 36.2. The lowest BCUT2D eigenvalue weighted by atomic mass is 9.71. The third-order valence-corrected chi connectivity index (χ3v) is 7.47. The Labute approximate surface area is 259 Å². The van der Waals surface area contributed by atoms with E-state index < -0.39 is 107 Å². The molecular weight excluding hydrogens is 580 g/mol. The zero-order valence-corrected chi connectivity index (χ0v) is 28.3. The van der Waals surface area contributed by atoms with Crippen molar-refractivity contribution in [2.45, 2.75) is 137 Å². The molecule has 6 atom stereocenters. The van der Waals surface area contributed by atoms with Crippen molar-refractivity contribution in [3.63, 3.8) is 0 Å². The molecule has 0 aromatic carbocycles. The summed E-state index contributed by atoms with van der Waals surface area (Å²) in [4.78, 5) is 52.7. The standard InChI is InChI=1S/C31H50O13/c1-25(2,3)21(33)37-14-17-19(32)20-31(24(36)40-17,44-29(12,13)42-20)30(16-39-23(35)27(7,8)9)18(41-28(10,11)43-30)15-38-22(34)26(4,5)6/h17-20,32H,14-16H2,1-13H3/t17-,18-,19+,20+,30+,31+/m1/s1. The number of aliphatic hydroxyl groups excluding tert-OH is 1. The fraction of sp³-hybridized carbons (Fsp3) is 0.871. The van der Waals surface area contributed by atoms with Crippen LogP contribution < -0.4 is 0 Å². The number of rotatable bonds is 7. The molecule has 0 bridgehead atoms. The van der Waals surface area contributed by atoms with Crippen LogP contribution in [0.15, 0.2) is 0 Å². The van der Waals surface area contributed by atoms with Crippen molar-refractivity contribution >= 4 is 23.9 Å². The van der Waals surface area contributed by atoms with Crippen molar-refractivity contribution in [1.29, 1.82) is 0 Å². The minimum absolute atomic E-state index is 0.430. The molecule has 0 unspecified atom stereocenters. The van der Waals surface area contributed by atoms with Crippen molar-refractivity contribution in [1.82, 2.24) is 0 Å². The molecule has 3 rings (SSSR count). The Morgan fingerprint density at radius 3 is 1.68 bits per heavy atom. The van der Waals surface area contributed by atoms with Gasteiger partial charge in [0.1, 0.15) is 38.1 Å². The lowest BCUT2D eigenvalue weighted by Crippen LogP contribution is -2.77. The number of carbonyl (C=O) groups is 4. The van der Waals surface area contributed by atoms with Crippen LogP contribution in [0.3, 0.4) is 0 Å². The van der Waals surface area contributed by atoms with Crippen LogP contribution in [0.4, 0.5) is 0 Å². The van der Waals surface area contributed by atoms with E-state index in [0.29, 0.717) is 0 Å². The molecule has 0 spiro atoms. The normalized spacial score (nSPS) is 33.3. The fourth-order valence-electron chi connectivity index (χ4n) is 5.26. The summed E-state index contributed by atoms with van der Waals surface area (Å²) in [6, 6.07) is 0. The maximum Gasteiger partial charge on any atom is 0.345 e. The first-order chi connectivity index (χ1) is 19.7. The van der Waals surface area contributed by atoms with E-state index in [1.165, 1.54) is 13.8 Å². The summed E-state index contributed by atoms with van der Waals surface area (Å²) in [5.41, 5.74) is -7.02. The maximum atomic E-state index is 14.3. The fourth-order valence-corrected chi connectivity index (χ4v) is 5.26. The highest BCUT2D eigenvalue weighted by Crippen LogP contribution is 2.55. The van der Waals surface area contributed by atoms with Gasteiger partial charge in [-0.2, -0.15) is 0 Å². The summed E-state index contributed by atoms with van der Waals surface area (Å²) < 4.78 is 47.7. The highest BCUT2D eigenvalue weighted by molar-refractivity contribution is 5.85. The molecular formula is C31H50O13. The molecule has 13 heteroatoms. The van der Waals surface area contributed by atoms with Crippen molar-refractivity contribution in [3.8, 4) is 0 Å². The van der Waals surface area contributed by atoms with Gasteiger partial charge in [-0.3, -0.25) is 14.4 Å². The van der Waals surface area contributed by atoms with E-state index in [1.54, 1.807) is 76.2 Å². The van der Waals surface area contributed by atoms with Gasteiger partial charge in [-0.15, -0.1) is 0 Å². The average molecular weight is 631 g/mol. The van der Waals surface area contributed by atoms with Crippen molar-refractivity contribution in [2.24, 2.45) is 16.2 Å². The first-order valence-corrected chi connectivity index (χ1v) is 14.9. The van der Waals surface area contributed by atoms with Gasteiger partial charge in [0.2, 0.25) is 5.60 Å². The van der Waals surface area contributed by atoms with Crippen LogP contribution in [0.5, 0.6) is 0 Å². The van der Waals surface area contributed by atoms with Gasteiger partial charge in [0, 0.05) is 0 Å². The summed E-state index contributed by atoms with van der Waals surface area (Å²) >= 11 is 0. The second kappa shape index (κ2) is 11.5. The Morgan fingerprint density at radius 2 is 1.18 bits per heavy atom. The molecule has 3 heterocycles. The maximum absolute atomic E-state index is 14.3. The first-order valence-electron chi connectivity index (χ1n) is 14.9. The van der Waals surface area contributed by atoms with Crippen LogP contribution in [-0.2, 0) is 57.1 Å². The van der Waals surface area contributed by atoms with Crippen molar-refractivity contribution in [3.05, 3.63) is 0 Å². The molecule has 3 aliphatic heterocycles. The molecule has 0 saturated carbocycles. The molecule has 1 N–H and O–H groups in total. The molecule has 252 valence electrons. The van der Waals surface area contributed by atoms with Crippen LogP contribution in [0.25, 0.3) is 0 Å². The molecule has 3 fully saturated rings. The van der Waals surface area contributed by atoms with Gasteiger partial charge in [0.15, 0.2) is 23.3 Å².